The molecule has 0 saturated carbocycles. The van der Waals surface area contributed by atoms with Gasteiger partial charge in [0.2, 0.25) is 0 Å². The van der Waals surface area contributed by atoms with Crippen molar-refractivity contribution in [2.45, 2.75) is 18.4 Å². The van der Waals surface area contributed by atoms with Crippen molar-refractivity contribution >= 4 is 21.6 Å². The van der Waals surface area contributed by atoms with Gasteiger partial charge in [0.25, 0.3) is 15.9 Å². The molecule has 3 rings (SSSR count). The second-order valence-corrected chi connectivity index (χ2v) is 8.28. The minimum atomic E-state index is -3.91. The fraction of sp³-hybridized carbons (Fsp3) is 0.136. The summed E-state index contributed by atoms with van der Waals surface area (Å²) in [4.78, 5) is 12.5. The van der Waals surface area contributed by atoms with Crippen LogP contribution in [-0.2, 0) is 16.6 Å². The van der Waals surface area contributed by atoms with Gasteiger partial charge < -0.3 is 10.1 Å². The van der Waals surface area contributed by atoms with Crippen molar-refractivity contribution in [2.24, 2.45) is 0 Å². The van der Waals surface area contributed by atoms with E-state index in [0.717, 1.165) is 0 Å². The van der Waals surface area contributed by atoms with Gasteiger partial charge in [-0.25, -0.2) is 12.8 Å². The van der Waals surface area contributed by atoms with Crippen molar-refractivity contribution in [3.05, 3.63) is 89.2 Å². The molecule has 0 saturated heterocycles. The van der Waals surface area contributed by atoms with Crippen LogP contribution in [-0.4, -0.2) is 21.4 Å². The topological polar surface area (TPSA) is 84.5 Å². The molecule has 156 valence electrons. The van der Waals surface area contributed by atoms with Crippen molar-refractivity contribution < 1.29 is 22.3 Å². The molecular formula is C22H21FN2O4S. The number of hydrogen-bond donors (Lipinski definition) is 2. The first-order chi connectivity index (χ1) is 14.3. The largest absolute Gasteiger partial charge is 0.497 e. The summed E-state index contributed by atoms with van der Waals surface area (Å²) in [5.74, 6) is -0.249. The van der Waals surface area contributed by atoms with Gasteiger partial charge in [-0.2, -0.15) is 0 Å². The molecule has 1 amide bonds. The summed E-state index contributed by atoms with van der Waals surface area (Å²) in [7, 11) is -2.39. The van der Waals surface area contributed by atoms with Crippen molar-refractivity contribution in [1.82, 2.24) is 5.32 Å². The number of methoxy groups -OCH3 is 1. The maximum absolute atomic E-state index is 13.3. The van der Waals surface area contributed by atoms with Crippen LogP contribution in [0.3, 0.4) is 0 Å². The second-order valence-electron chi connectivity index (χ2n) is 6.63. The number of aryl methyl sites for hydroxylation is 1. The van der Waals surface area contributed by atoms with Crippen LogP contribution in [0.5, 0.6) is 5.75 Å². The second kappa shape index (κ2) is 8.96. The van der Waals surface area contributed by atoms with Crippen molar-refractivity contribution in [3.63, 3.8) is 0 Å². The summed E-state index contributed by atoms with van der Waals surface area (Å²) in [6.07, 6.45) is 0. The van der Waals surface area contributed by atoms with E-state index < -0.39 is 21.7 Å². The van der Waals surface area contributed by atoms with Crippen LogP contribution in [0.1, 0.15) is 21.5 Å². The molecular weight excluding hydrogens is 407 g/mol. The van der Waals surface area contributed by atoms with E-state index in [0.29, 0.717) is 22.6 Å². The van der Waals surface area contributed by atoms with Crippen LogP contribution in [0.15, 0.2) is 71.6 Å². The zero-order chi connectivity index (χ0) is 21.7. The molecule has 0 heterocycles. The van der Waals surface area contributed by atoms with Gasteiger partial charge in [-0.15, -0.1) is 0 Å². The number of anilines is 1. The van der Waals surface area contributed by atoms with Gasteiger partial charge in [0, 0.05) is 17.8 Å². The highest BCUT2D eigenvalue weighted by Gasteiger charge is 2.19. The van der Waals surface area contributed by atoms with E-state index in [2.05, 4.69) is 10.0 Å². The first kappa shape index (κ1) is 21.3. The number of rotatable bonds is 7. The summed E-state index contributed by atoms with van der Waals surface area (Å²) in [6, 6.07) is 16.8. The Kier molecular flexibility index (Phi) is 6.37. The van der Waals surface area contributed by atoms with Gasteiger partial charge >= 0.3 is 0 Å². The molecule has 0 radical (unpaired) electrons. The monoisotopic (exact) mass is 428 g/mol. The lowest BCUT2D eigenvalue weighted by Crippen LogP contribution is -2.23. The molecule has 0 unspecified atom stereocenters. The predicted molar refractivity (Wildman–Crippen MR) is 113 cm³/mol. The van der Waals surface area contributed by atoms with Gasteiger partial charge in [0.1, 0.15) is 11.6 Å². The fourth-order valence-electron chi connectivity index (χ4n) is 2.83. The van der Waals surface area contributed by atoms with Crippen LogP contribution in [0.2, 0.25) is 0 Å². The molecule has 3 aromatic rings. The highest BCUT2D eigenvalue weighted by molar-refractivity contribution is 7.92. The van der Waals surface area contributed by atoms with E-state index in [9.17, 15) is 17.6 Å². The zero-order valence-corrected chi connectivity index (χ0v) is 17.3. The SMILES string of the molecule is COc1ccc(NS(=O)(=O)c2cc(C(=O)NCc3cccc(F)c3)ccc2C)cc1. The van der Waals surface area contributed by atoms with Gasteiger partial charge in [-0.1, -0.05) is 18.2 Å². The molecule has 0 aliphatic heterocycles. The van der Waals surface area contributed by atoms with Crippen molar-refractivity contribution in [2.75, 3.05) is 11.8 Å². The Hall–Kier alpha value is -3.39. The lowest BCUT2D eigenvalue weighted by molar-refractivity contribution is 0.0950. The van der Waals surface area contributed by atoms with Gasteiger partial charge in [0.05, 0.1) is 12.0 Å². The number of ether oxygens (including phenoxy) is 1. The van der Waals surface area contributed by atoms with E-state index in [-0.39, 0.29) is 17.0 Å². The summed E-state index contributed by atoms with van der Waals surface area (Å²) in [5.41, 5.74) is 1.66. The Balaban J connectivity index is 1.78. The number of carbonyl (C=O) groups is 1. The van der Waals surface area contributed by atoms with Gasteiger partial charge in [-0.3, -0.25) is 9.52 Å². The number of carbonyl (C=O) groups excluding carboxylic acids is 1. The molecule has 2 N–H and O–H groups in total. The number of amides is 1. The average Bonchev–Trinajstić information content (AvgIpc) is 2.72. The van der Waals surface area contributed by atoms with Gasteiger partial charge in [-0.05, 0) is 66.6 Å². The zero-order valence-electron chi connectivity index (χ0n) is 16.5. The van der Waals surface area contributed by atoms with Crippen LogP contribution in [0.4, 0.5) is 10.1 Å². The van der Waals surface area contributed by atoms with E-state index >= 15 is 0 Å². The molecule has 0 spiro atoms. The molecule has 0 fully saturated rings. The molecule has 0 aliphatic carbocycles. The number of hydrogen-bond acceptors (Lipinski definition) is 4. The molecule has 0 aromatic heterocycles. The van der Waals surface area contributed by atoms with E-state index in [1.54, 1.807) is 55.5 Å². The van der Waals surface area contributed by atoms with Crippen molar-refractivity contribution in [1.29, 1.82) is 0 Å². The highest BCUT2D eigenvalue weighted by atomic mass is 32.2. The van der Waals surface area contributed by atoms with Crippen LogP contribution >= 0.6 is 0 Å². The summed E-state index contributed by atoms with van der Waals surface area (Å²) >= 11 is 0. The predicted octanol–water partition coefficient (Wildman–Crippen LogP) is 3.87. The Morgan fingerprint density at radius 1 is 1.03 bits per heavy atom. The highest BCUT2D eigenvalue weighted by Crippen LogP contribution is 2.22. The van der Waals surface area contributed by atoms with E-state index in [1.807, 2.05) is 0 Å². The molecule has 30 heavy (non-hydrogen) atoms. The Bertz CT molecular complexity index is 1160. The average molecular weight is 428 g/mol. The minimum absolute atomic E-state index is 0.00303. The van der Waals surface area contributed by atoms with Gasteiger partial charge in [0.15, 0.2) is 0 Å². The lowest BCUT2D eigenvalue weighted by atomic mass is 10.1. The quantitative estimate of drug-likeness (QED) is 0.598. The number of halogens is 1. The summed E-state index contributed by atoms with van der Waals surface area (Å²) in [5, 5.41) is 2.67. The third kappa shape index (κ3) is 5.15. The minimum Gasteiger partial charge on any atom is -0.497 e. The number of benzene rings is 3. The Morgan fingerprint density at radius 2 is 1.77 bits per heavy atom. The molecule has 0 atom stereocenters. The fourth-order valence-corrected chi connectivity index (χ4v) is 4.16. The maximum Gasteiger partial charge on any atom is 0.262 e. The smallest absolute Gasteiger partial charge is 0.262 e. The first-order valence-corrected chi connectivity index (χ1v) is 10.6. The van der Waals surface area contributed by atoms with Crippen LogP contribution < -0.4 is 14.8 Å². The van der Waals surface area contributed by atoms with Crippen molar-refractivity contribution in [3.8, 4) is 5.75 Å². The first-order valence-electron chi connectivity index (χ1n) is 9.08. The molecule has 6 nitrogen and oxygen atoms in total. The normalized spacial score (nSPS) is 11.0. The molecule has 3 aromatic carbocycles. The Labute approximate surface area is 174 Å². The third-order valence-corrected chi connectivity index (χ3v) is 5.95. The van der Waals surface area contributed by atoms with Crippen LogP contribution in [0, 0.1) is 12.7 Å². The lowest BCUT2D eigenvalue weighted by Gasteiger charge is -2.13. The van der Waals surface area contributed by atoms with E-state index in [1.165, 1.54) is 25.3 Å². The molecule has 8 heteroatoms. The summed E-state index contributed by atoms with van der Waals surface area (Å²) < 4.78 is 46.5. The standard InChI is InChI=1S/C22H21FN2O4S/c1-15-6-7-17(22(26)24-14-16-4-3-5-18(23)12-16)13-21(15)30(27,28)25-19-8-10-20(29-2)11-9-19/h3-13,25H,14H2,1-2H3,(H,24,26). The maximum atomic E-state index is 13.3. The third-order valence-electron chi connectivity index (χ3n) is 4.42. The summed E-state index contributed by atoms with van der Waals surface area (Å²) in [6.45, 7) is 1.77. The molecule has 0 bridgehead atoms. The van der Waals surface area contributed by atoms with Crippen LogP contribution in [0.25, 0.3) is 0 Å². The molecule has 0 aliphatic rings. The van der Waals surface area contributed by atoms with E-state index in [4.69, 9.17) is 4.74 Å². The Morgan fingerprint density at radius 3 is 2.43 bits per heavy atom. The number of nitrogens with one attached hydrogen (secondary N) is 2. The number of sulfonamides is 1.